The zero-order valence-electron chi connectivity index (χ0n) is 20.7. The summed E-state index contributed by atoms with van der Waals surface area (Å²) in [5.41, 5.74) is 9.74. The van der Waals surface area contributed by atoms with Crippen molar-refractivity contribution in [1.82, 2.24) is 15.3 Å². The molecule has 0 aliphatic carbocycles. The molecule has 4 heterocycles. The minimum absolute atomic E-state index is 0.0640. The number of allylic oxidation sites excluding steroid dienone is 2. The van der Waals surface area contributed by atoms with Crippen molar-refractivity contribution < 1.29 is 9.59 Å². The van der Waals surface area contributed by atoms with Gasteiger partial charge in [0.1, 0.15) is 0 Å². The molecule has 2 aliphatic heterocycles. The van der Waals surface area contributed by atoms with Gasteiger partial charge in [0.2, 0.25) is 5.91 Å². The lowest BCUT2D eigenvalue weighted by Crippen LogP contribution is -2.15. The van der Waals surface area contributed by atoms with E-state index in [2.05, 4.69) is 74.0 Å². The topological polar surface area (TPSA) is 90.1 Å². The van der Waals surface area contributed by atoms with Crippen LogP contribution in [0.3, 0.4) is 0 Å². The molecule has 2 aromatic rings. The Labute approximate surface area is 194 Å². The first kappa shape index (κ1) is 22.8. The predicted molar refractivity (Wildman–Crippen MR) is 133 cm³/mol. The van der Waals surface area contributed by atoms with E-state index in [1.165, 1.54) is 5.56 Å². The smallest absolute Gasteiger partial charge is 0.273 e. The lowest BCUT2D eigenvalue weighted by atomic mass is 9.88. The second-order valence-corrected chi connectivity index (χ2v) is 9.91. The average molecular weight is 445 g/mol. The molecule has 33 heavy (non-hydrogen) atoms. The Morgan fingerprint density at radius 2 is 1.33 bits per heavy atom. The van der Waals surface area contributed by atoms with Gasteiger partial charge in [0.05, 0.1) is 5.71 Å². The summed E-state index contributed by atoms with van der Waals surface area (Å²) in [7, 11) is 0. The van der Waals surface area contributed by atoms with Gasteiger partial charge in [-0.2, -0.15) is 0 Å². The largest absolute Gasteiger partial charge is 0.355 e. The number of carbonyl (C=O) groups is 2. The van der Waals surface area contributed by atoms with Crippen LogP contribution in [0.25, 0.3) is 18.2 Å². The zero-order chi connectivity index (χ0) is 24.2. The summed E-state index contributed by atoms with van der Waals surface area (Å²) < 4.78 is 0. The van der Waals surface area contributed by atoms with Crippen molar-refractivity contribution in [2.45, 2.75) is 61.8 Å². The summed E-state index contributed by atoms with van der Waals surface area (Å²) in [5.74, 6) is -0.0960. The van der Waals surface area contributed by atoms with Crippen LogP contribution in [0.2, 0.25) is 0 Å². The highest BCUT2D eigenvalue weighted by Gasteiger charge is 2.34. The third kappa shape index (κ3) is 3.94. The lowest BCUT2D eigenvalue weighted by Gasteiger charge is -2.16. The summed E-state index contributed by atoms with van der Waals surface area (Å²) in [6.07, 6.45) is 6.64. The molecule has 0 bridgehead atoms. The van der Waals surface area contributed by atoms with E-state index in [0.717, 1.165) is 55.8 Å². The SMILES string of the molecule is CC1=C(C)C(/C=c2\[nH]/c(=C\c3[nH]c(/C=C4\NC(=O)CC4(C)C)c(C)c3C)c(C)c2C)=NC1=O. The highest BCUT2D eigenvalue weighted by atomic mass is 16.2. The van der Waals surface area contributed by atoms with E-state index in [-0.39, 0.29) is 17.2 Å². The summed E-state index contributed by atoms with van der Waals surface area (Å²) in [4.78, 5) is 35.0. The van der Waals surface area contributed by atoms with Gasteiger partial charge in [-0.1, -0.05) is 13.8 Å². The van der Waals surface area contributed by atoms with E-state index in [0.29, 0.717) is 12.0 Å². The molecular formula is C27H32N4O2. The number of H-pyrrole nitrogens is 2. The molecule has 3 N–H and O–H groups in total. The lowest BCUT2D eigenvalue weighted by molar-refractivity contribution is -0.119. The number of nitrogens with zero attached hydrogens (tertiary/aromatic N) is 1. The Kier molecular flexibility index (Phi) is 5.43. The number of amides is 2. The summed E-state index contributed by atoms with van der Waals surface area (Å²) >= 11 is 0. The average Bonchev–Trinajstić information content (AvgIpc) is 3.34. The van der Waals surface area contributed by atoms with E-state index >= 15 is 0 Å². The Hall–Kier alpha value is -3.41. The molecule has 1 saturated heterocycles. The Bertz CT molecular complexity index is 1420. The molecule has 0 atom stereocenters. The maximum Gasteiger partial charge on any atom is 0.273 e. The first-order valence-electron chi connectivity index (χ1n) is 11.3. The minimum atomic E-state index is -0.195. The molecule has 1 fully saturated rings. The van der Waals surface area contributed by atoms with Gasteiger partial charge >= 0.3 is 0 Å². The molecule has 6 heteroatoms. The molecular weight excluding hydrogens is 412 g/mol. The molecule has 0 aromatic carbocycles. The van der Waals surface area contributed by atoms with Gasteiger partial charge in [0.25, 0.3) is 5.91 Å². The first-order valence-corrected chi connectivity index (χ1v) is 11.3. The number of aromatic amines is 2. The van der Waals surface area contributed by atoms with E-state index in [9.17, 15) is 9.59 Å². The summed E-state index contributed by atoms with van der Waals surface area (Å²) in [5, 5.41) is 4.98. The van der Waals surface area contributed by atoms with Crippen LogP contribution in [0.1, 0.15) is 67.8 Å². The fourth-order valence-corrected chi connectivity index (χ4v) is 4.34. The van der Waals surface area contributed by atoms with Gasteiger partial charge in [-0.25, -0.2) is 4.99 Å². The highest BCUT2D eigenvalue weighted by molar-refractivity contribution is 6.30. The van der Waals surface area contributed by atoms with E-state index in [1.54, 1.807) is 0 Å². The first-order chi connectivity index (χ1) is 15.4. The minimum Gasteiger partial charge on any atom is -0.355 e. The van der Waals surface area contributed by atoms with Crippen LogP contribution in [-0.4, -0.2) is 27.5 Å². The molecule has 2 amide bonds. The second kappa shape index (κ2) is 7.87. The molecule has 172 valence electrons. The molecule has 0 unspecified atom stereocenters. The maximum absolute atomic E-state index is 11.9. The van der Waals surface area contributed by atoms with Crippen molar-refractivity contribution in [2.75, 3.05) is 0 Å². The monoisotopic (exact) mass is 444 g/mol. The Balaban J connectivity index is 1.78. The number of hydrogen-bond acceptors (Lipinski definition) is 2. The van der Waals surface area contributed by atoms with Gasteiger partial charge in [-0.15, -0.1) is 0 Å². The van der Waals surface area contributed by atoms with Crippen molar-refractivity contribution >= 4 is 35.8 Å². The highest BCUT2D eigenvalue weighted by Crippen LogP contribution is 2.35. The summed E-state index contributed by atoms with van der Waals surface area (Å²) in [6.45, 7) is 16.3. The second-order valence-electron chi connectivity index (χ2n) is 9.91. The third-order valence-electron chi connectivity index (χ3n) is 7.23. The molecule has 0 saturated carbocycles. The van der Waals surface area contributed by atoms with Crippen molar-refractivity contribution in [1.29, 1.82) is 0 Å². The van der Waals surface area contributed by atoms with Gasteiger partial charge in [-0.05, 0) is 87.6 Å². The Morgan fingerprint density at radius 3 is 1.85 bits per heavy atom. The number of carbonyl (C=O) groups excluding carboxylic acids is 2. The zero-order valence-corrected chi connectivity index (χ0v) is 20.7. The van der Waals surface area contributed by atoms with Gasteiger partial charge in [-0.3, -0.25) is 9.59 Å². The van der Waals surface area contributed by atoms with Crippen LogP contribution in [0.4, 0.5) is 0 Å². The van der Waals surface area contributed by atoms with Crippen LogP contribution in [0.15, 0.2) is 21.8 Å². The van der Waals surface area contributed by atoms with E-state index < -0.39 is 0 Å². The van der Waals surface area contributed by atoms with E-state index in [1.807, 2.05) is 19.9 Å². The van der Waals surface area contributed by atoms with Crippen LogP contribution in [-0.2, 0) is 9.59 Å². The van der Waals surface area contributed by atoms with Crippen LogP contribution in [0.5, 0.6) is 0 Å². The molecule has 0 spiro atoms. The molecule has 0 radical (unpaired) electrons. The molecule has 6 nitrogen and oxygen atoms in total. The maximum atomic E-state index is 11.9. The van der Waals surface area contributed by atoms with E-state index in [4.69, 9.17) is 0 Å². The van der Waals surface area contributed by atoms with Gasteiger partial charge < -0.3 is 15.3 Å². The number of hydrogen-bond donors (Lipinski definition) is 3. The van der Waals surface area contributed by atoms with Crippen LogP contribution >= 0.6 is 0 Å². The number of aliphatic imine (C=N–C) groups is 1. The van der Waals surface area contributed by atoms with Crippen molar-refractivity contribution in [3.63, 3.8) is 0 Å². The quantitative estimate of drug-likeness (QED) is 0.677. The van der Waals surface area contributed by atoms with Crippen LogP contribution < -0.4 is 16.0 Å². The normalized spacial score (nSPS) is 20.5. The van der Waals surface area contributed by atoms with Crippen molar-refractivity contribution in [2.24, 2.45) is 10.4 Å². The fraction of sp³-hybridized carbons (Fsp3) is 0.370. The number of nitrogens with one attached hydrogen (secondary N) is 3. The fourth-order valence-electron chi connectivity index (χ4n) is 4.34. The standard InChI is InChI=1S/C27H32N4O2/c1-13-14(2)21(10-22-17(5)18(6)26(33)30-22)28-19(13)9-20-15(3)16(4)23(29-20)11-24-27(7,8)12-25(32)31-24/h9-11,28-29H,12H2,1-8H3,(H,31,32)/b19-9-,21-10-,24-11-. The van der Waals surface area contributed by atoms with Crippen molar-refractivity contribution in [3.05, 3.63) is 61.2 Å². The molecule has 4 rings (SSSR count). The summed E-state index contributed by atoms with van der Waals surface area (Å²) in [6, 6.07) is 0. The molecule has 2 aliphatic rings. The third-order valence-corrected chi connectivity index (χ3v) is 7.23. The molecule has 2 aromatic heterocycles. The van der Waals surface area contributed by atoms with Gasteiger partial charge in [0.15, 0.2) is 0 Å². The number of aromatic nitrogens is 2. The number of rotatable bonds is 3. The van der Waals surface area contributed by atoms with Crippen molar-refractivity contribution in [3.8, 4) is 0 Å². The Morgan fingerprint density at radius 1 is 0.758 bits per heavy atom. The van der Waals surface area contributed by atoms with Crippen LogP contribution in [0, 0.1) is 33.1 Å². The van der Waals surface area contributed by atoms with Gasteiger partial charge in [0, 0.05) is 45.2 Å². The predicted octanol–water partition coefficient (Wildman–Crippen LogP) is 3.39.